The molecule has 5 heteroatoms. The predicted molar refractivity (Wildman–Crippen MR) is 180 cm³/mol. The Kier molecular flexibility index (Phi) is 21.5. The van der Waals surface area contributed by atoms with Gasteiger partial charge in [-0.05, 0) is 30.4 Å². The zero-order chi connectivity index (χ0) is 29.9. The third-order valence-corrected chi connectivity index (χ3v) is 8.05. The molecule has 42 heavy (non-hydrogen) atoms. The molecule has 0 aliphatic heterocycles. The second-order valence-electron chi connectivity index (χ2n) is 12.0. The van der Waals surface area contributed by atoms with Crippen LogP contribution >= 0.6 is 0 Å². The van der Waals surface area contributed by atoms with Gasteiger partial charge in [-0.2, -0.15) is 0 Å². The van der Waals surface area contributed by atoms with Gasteiger partial charge in [0.05, 0.1) is 25.3 Å². The summed E-state index contributed by atoms with van der Waals surface area (Å²) in [5.41, 5.74) is 2.34. The molecule has 2 aromatic carbocycles. The highest BCUT2D eigenvalue weighted by Crippen LogP contribution is 2.14. The number of aliphatic imine (C=N–C) groups is 1. The van der Waals surface area contributed by atoms with E-state index in [4.69, 9.17) is 4.99 Å². The lowest BCUT2D eigenvalue weighted by molar-refractivity contribution is 0.245. The van der Waals surface area contributed by atoms with Crippen LogP contribution in [0, 0.1) is 0 Å². The summed E-state index contributed by atoms with van der Waals surface area (Å²) >= 11 is 0. The summed E-state index contributed by atoms with van der Waals surface area (Å²) in [7, 11) is 0. The number of guanidine groups is 1. The zero-order valence-electron chi connectivity index (χ0n) is 26.6. The molecule has 0 aromatic heterocycles. The highest BCUT2D eigenvalue weighted by Gasteiger charge is 2.15. The smallest absolute Gasteiger partial charge is 0.191 e. The van der Waals surface area contributed by atoms with Crippen molar-refractivity contribution in [1.29, 1.82) is 0 Å². The fraction of sp³-hybridized carbons (Fsp3) is 0.649. The Bertz CT molecular complexity index is 837. The van der Waals surface area contributed by atoms with E-state index in [2.05, 4.69) is 41.8 Å². The van der Waals surface area contributed by atoms with Crippen LogP contribution < -0.4 is 10.6 Å². The summed E-state index contributed by atoms with van der Waals surface area (Å²) in [6.45, 7) is 3.04. The SMILES string of the molecule is CCCCCCCCCCCCCCCCCCN=C(N[C@H](CO)Cc1ccccc1)N[C@H](CO)Cc1ccccc1. The minimum absolute atomic E-state index is 0.0110. The van der Waals surface area contributed by atoms with Crippen molar-refractivity contribution in [3.8, 4) is 0 Å². The number of hydrogen-bond donors (Lipinski definition) is 4. The average Bonchev–Trinajstić information content (AvgIpc) is 3.02. The van der Waals surface area contributed by atoms with E-state index in [1.807, 2.05) is 36.4 Å². The Balaban J connectivity index is 1.68. The molecule has 2 rings (SSSR count). The highest BCUT2D eigenvalue weighted by atomic mass is 16.3. The minimum Gasteiger partial charge on any atom is -0.394 e. The first-order valence-corrected chi connectivity index (χ1v) is 17.1. The van der Waals surface area contributed by atoms with E-state index in [1.165, 1.54) is 107 Å². The second-order valence-corrected chi connectivity index (χ2v) is 12.0. The number of unbranched alkanes of at least 4 members (excludes halogenated alkanes) is 15. The van der Waals surface area contributed by atoms with Gasteiger partial charge < -0.3 is 20.8 Å². The molecule has 0 radical (unpaired) electrons. The molecule has 0 amide bonds. The van der Waals surface area contributed by atoms with E-state index >= 15 is 0 Å². The first-order chi connectivity index (χ1) is 20.7. The van der Waals surface area contributed by atoms with E-state index in [9.17, 15) is 10.2 Å². The predicted octanol–water partition coefficient (Wildman–Crippen LogP) is 7.99. The van der Waals surface area contributed by atoms with E-state index in [0.29, 0.717) is 18.8 Å². The van der Waals surface area contributed by atoms with Gasteiger partial charge in [0.2, 0.25) is 0 Å². The Morgan fingerprint density at radius 2 is 0.905 bits per heavy atom. The van der Waals surface area contributed by atoms with Crippen LogP contribution in [0.5, 0.6) is 0 Å². The lowest BCUT2D eigenvalue weighted by Gasteiger charge is -2.24. The number of rotatable bonds is 25. The van der Waals surface area contributed by atoms with Gasteiger partial charge in [0.25, 0.3) is 0 Å². The third kappa shape index (κ3) is 18.2. The van der Waals surface area contributed by atoms with Crippen LogP contribution in [0.15, 0.2) is 65.7 Å². The van der Waals surface area contributed by atoms with Crippen LogP contribution in [0.4, 0.5) is 0 Å². The summed E-state index contributed by atoms with van der Waals surface area (Å²) < 4.78 is 0. The van der Waals surface area contributed by atoms with Crippen LogP contribution in [0.1, 0.15) is 121 Å². The van der Waals surface area contributed by atoms with Gasteiger partial charge in [0.15, 0.2) is 5.96 Å². The topological polar surface area (TPSA) is 76.9 Å². The molecule has 0 bridgehead atoms. The standard InChI is InChI=1S/C37H61N3O2/c1-2-3-4-5-6-7-8-9-10-11-12-13-14-15-16-23-28-38-37(39-35(31-41)29-33-24-19-17-20-25-33)40-36(32-42)30-34-26-21-18-22-27-34/h17-22,24-27,35-36,41-42H,2-16,23,28-32H2,1H3,(H2,38,39,40)/t35-,36-/m0/s1. The molecule has 0 fully saturated rings. The Hall–Kier alpha value is -2.37. The Labute approximate surface area is 257 Å². The number of benzene rings is 2. The van der Waals surface area contributed by atoms with Crippen LogP contribution in [-0.2, 0) is 12.8 Å². The first kappa shape index (κ1) is 35.8. The van der Waals surface area contributed by atoms with Gasteiger partial charge in [0.1, 0.15) is 0 Å². The van der Waals surface area contributed by atoms with Gasteiger partial charge in [0, 0.05) is 6.54 Å². The van der Waals surface area contributed by atoms with Crippen molar-refractivity contribution in [1.82, 2.24) is 10.6 Å². The van der Waals surface area contributed by atoms with Gasteiger partial charge in [-0.3, -0.25) is 4.99 Å². The van der Waals surface area contributed by atoms with Gasteiger partial charge in [-0.25, -0.2) is 0 Å². The van der Waals surface area contributed by atoms with Crippen molar-refractivity contribution in [3.63, 3.8) is 0 Å². The molecule has 4 N–H and O–H groups in total. The third-order valence-electron chi connectivity index (χ3n) is 8.05. The molecule has 5 nitrogen and oxygen atoms in total. The second kappa shape index (κ2) is 25.2. The van der Waals surface area contributed by atoms with E-state index < -0.39 is 0 Å². The highest BCUT2D eigenvalue weighted by molar-refractivity contribution is 5.80. The lowest BCUT2D eigenvalue weighted by Crippen LogP contribution is -2.51. The van der Waals surface area contributed by atoms with E-state index in [0.717, 1.165) is 13.0 Å². The van der Waals surface area contributed by atoms with Crippen molar-refractivity contribution in [3.05, 3.63) is 71.8 Å². The van der Waals surface area contributed by atoms with Crippen LogP contribution in [0.2, 0.25) is 0 Å². The number of hydrogen-bond acceptors (Lipinski definition) is 3. The van der Waals surface area contributed by atoms with Gasteiger partial charge >= 0.3 is 0 Å². The minimum atomic E-state index is -0.152. The van der Waals surface area contributed by atoms with E-state index in [-0.39, 0.29) is 25.3 Å². The maximum Gasteiger partial charge on any atom is 0.191 e. The maximum absolute atomic E-state index is 10.1. The first-order valence-electron chi connectivity index (χ1n) is 17.1. The zero-order valence-corrected chi connectivity index (χ0v) is 26.6. The van der Waals surface area contributed by atoms with Gasteiger partial charge in [-0.1, -0.05) is 164 Å². The number of nitrogens with zero attached hydrogens (tertiary/aromatic N) is 1. The fourth-order valence-electron chi connectivity index (χ4n) is 5.49. The molecule has 236 valence electrons. The molecular weight excluding hydrogens is 518 g/mol. The summed E-state index contributed by atoms with van der Waals surface area (Å²) in [6.07, 6.45) is 23.1. The summed E-state index contributed by atoms with van der Waals surface area (Å²) in [5.74, 6) is 0.668. The van der Waals surface area contributed by atoms with Gasteiger partial charge in [-0.15, -0.1) is 0 Å². The lowest BCUT2D eigenvalue weighted by atomic mass is 10.0. The van der Waals surface area contributed by atoms with Crippen molar-refractivity contribution in [2.24, 2.45) is 4.99 Å². The van der Waals surface area contributed by atoms with Crippen molar-refractivity contribution >= 4 is 5.96 Å². The molecule has 0 spiro atoms. The van der Waals surface area contributed by atoms with Crippen LogP contribution in [-0.4, -0.2) is 48.0 Å². The Morgan fingerprint density at radius 1 is 0.548 bits per heavy atom. The number of nitrogens with one attached hydrogen (secondary N) is 2. The van der Waals surface area contributed by atoms with Crippen molar-refractivity contribution < 1.29 is 10.2 Å². The molecule has 0 aliphatic rings. The fourth-order valence-corrected chi connectivity index (χ4v) is 5.49. The van der Waals surface area contributed by atoms with E-state index in [1.54, 1.807) is 0 Å². The van der Waals surface area contributed by atoms with Crippen LogP contribution in [0.3, 0.4) is 0 Å². The molecule has 0 unspecified atom stereocenters. The summed E-state index contributed by atoms with van der Waals surface area (Å²) in [4.78, 5) is 4.86. The molecule has 2 aromatic rings. The van der Waals surface area contributed by atoms with Crippen molar-refractivity contribution in [2.75, 3.05) is 19.8 Å². The molecule has 0 aliphatic carbocycles. The van der Waals surface area contributed by atoms with Crippen LogP contribution in [0.25, 0.3) is 0 Å². The molecule has 2 atom stereocenters. The summed E-state index contributed by atoms with van der Waals surface area (Å²) in [6, 6.07) is 20.1. The normalized spacial score (nSPS) is 12.5. The number of aliphatic hydroxyl groups is 2. The Morgan fingerprint density at radius 3 is 1.26 bits per heavy atom. The van der Waals surface area contributed by atoms with Crippen molar-refractivity contribution in [2.45, 2.75) is 135 Å². The summed E-state index contributed by atoms with van der Waals surface area (Å²) in [5, 5.41) is 27.0. The number of aliphatic hydroxyl groups excluding tert-OH is 2. The molecule has 0 saturated carbocycles. The molecule has 0 saturated heterocycles. The average molecular weight is 580 g/mol. The largest absolute Gasteiger partial charge is 0.394 e. The molecular formula is C37H61N3O2. The monoisotopic (exact) mass is 579 g/mol. The molecule has 0 heterocycles. The quantitative estimate of drug-likeness (QED) is 0.0546. The maximum atomic E-state index is 10.1.